The van der Waals surface area contributed by atoms with Crippen molar-refractivity contribution in [2.24, 2.45) is 0 Å². The Balaban J connectivity index is 2.08. The molecule has 0 heterocycles. The molecule has 0 unspecified atom stereocenters. The molecule has 0 N–H and O–H groups in total. The van der Waals surface area contributed by atoms with Crippen molar-refractivity contribution in [1.29, 1.82) is 0 Å². The Morgan fingerprint density at radius 2 is 1.57 bits per heavy atom. The highest BCUT2D eigenvalue weighted by molar-refractivity contribution is 7.91. The van der Waals surface area contributed by atoms with Crippen LogP contribution in [0, 0.1) is 0 Å². The molecule has 0 amide bonds. The summed E-state index contributed by atoms with van der Waals surface area (Å²) in [5.74, 6) is 0.0176. The summed E-state index contributed by atoms with van der Waals surface area (Å²) in [6.07, 6.45) is 0.406. The normalized spacial score (nSPS) is 11.3. The van der Waals surface area contributed by atoms with E-state index < -0.39 is 9.84 Å². The smallest absolute Gasteiger partial charge is 0.178 e. The van der Waals surface area contributed by atoms with Gasteiger partial charge in [0, 0.05) is 10.6 Å². The van der Waals surface area contributed by atoms with Crippen LogP contribution in [0.4, 0.5) is 0 Å². The van der Waals surface area contributed by atoms with Crippen molar-refractivity contribution >= 4 is 27.2 Å². The van der Waals surface area contributed by atoms with Crippen LogP contribution in [0.5, 0.6) is 0 Å². The van der Waals surface area contributed by atoms with Gasteiger partial charge in [0.2, 0.25) is 0 Å². The van der Waals surface area contributed by atoms with Crippen molar-refractivity contribution in [3.8, 4) is 0 Å². The first-order valence-corrected chi connectivity index (χ1v) is 8.50. The standard InChI is InChI=1S/C16H15ClO3S/c1-12(18)14-4-2-13(3-5-14)10-11-21(19,20)16-8-6-15(17)7-9-16/h2-9H,10-11H2,1H3. The SMILES string of the molecule is CC(=O)c1ccc(CCS(=O)(=O)c2ccc(Cl)cc2)cc1. The van der Waals surface area contributed by atoms with Crippen molar-refractivity contribution in [1.82, 2.24) is 0 Å². The Bertz CT molecular complexity index is 732. The van der Waals surface area contributed by atoms with E-state index in [0.29, 0.717) is 17.0 Å². The monoisotopic (exact) mass is 322 g/mol. The van der Waals surface area contributed by atoms with Gasteiger partial charge in [0.15, 0.2) is 15.6 Å². The minimum atomic E-state index is -3.33. The highest BCUT2D eigenvalue weighted by Crippen LogP contribution is 2.16. The van der Waals surface area contributed by atoms with Crippen LogP contribution in [0.1, 0.15) is 22.8 Å². The zero-order valence-corrected chi connectivity index (χ0v) is 13.1. The fourth-order valence-electron chi connectivity index (χ4n) is 1.92. The predicted octanol–water partition coefficient (Wildman–Crippen LogP) is 3.56. The van der Waals surface area contributed by atoms with Gasteiger partial charge in [-0.1, -0.05) is 35.9 Å². The van der Waals surface area contributed by atoms with Gasteiger partial charge in [-0.3, -0.25) is 4.79 Å². The van der Waals surface area contributed by atoms with Gasteiger partial charge in [-0.05, 0) is 43.2 Å². The molecule has 2 rings (SSSR count). The zero-order valence-electron chi connectivity index (χ0n) is 11.5. The van der Waals surface area contributed by atoms with E-state index in [2.05, 4.69) is 0 Å². The molecule has 110 valence electrons. The number of rotatable bonds is 5. The molecular formula is C16H15ClO3S. The number of carbonyl (C=O) groups excluding carboxylic acids is 1. The third-order valence-electron chi connectivity index (χ3n) is 3.19. The molecular weight excluding hydrogens is 308 g/mol. The van der Waals surface area contributed by atoms with Crippen LogP contribution in [-0.4, -0.2) is 20.0 Å². The summed E-state index contributed by atoms with van der Waals surface area (Å²) in [5.41, 5.74) is 1.51. The fraction of sp³-hybridized carbons (Fsp3) is 0.188. The minimum absolute atomic E-state index is 0.00432. The van der Waals surface area contributed by atoms with Gasteiger partial charge in [0.1, 0.15) is 0 Å². The summed E-state index contributed by atoms with van der Waals surface area (Å²) < 4.78 is 24.4. The molecule has 2 aromatic carbocycles. The molecule has 0 bridgehead atoms. The summed E-state index contributed by atoms with van der Waals surface area (Å²) in [5, 5.41) is 0.508. The lowest BCUT2D eigenvalue weighted by atomic mass is 10.1. The maximum atomic E-state index is 12.2. The Morgan fingerprint density at radius 1 is 1.00 bits per heavy atom. The first-order valence-electron chi connectivity index (χ1n) is 6.47. The van der Waals surface area contributed by atoms with Gasteiger partial charge in [-0.15, -0.1) is 0 Å². The number of hydrogen-bond acceptors (Lipinski definition) is 3. The number of hydrogen-bond donors (Lipinski definition) is 0. The topological polar surface area (TPSA) is 51.2 Å². The average molecular weight is 323 g/mol. The fourth-order valence-corrected chi connectivity index (χ4v) is 3.33. The molecule has 0 aliphatic heterocycles. The Kier molecular flexibility index (Phi) is 4.80. The molecule has 0 aliphatic carbocycles. The van der Waals surface area contributed by atoms with Gasteiger partial charge < -0.3 is 0 Å². The maximum Gasteiger partial charge on any atom is 0.178 e. The molecule has 0 saturated carbocycles. The van der Waals surface area contributed by atoms with Crippen molar-refractivity contribution in [2.45, 2.75) is 18.2 Å². The number of carbonyl (C=O) groups is 1. The van der Waals surface area contributed by atoms with Crippen molar-refractivity contribution in [3.63, 3.8) is 0 Å². The quantitative estimate of drug-likeness (QED) is 0.791. The van der Waals surface area contributed by atoms with Gasteiger partial charge >= 0.3 is 0 Å². The number of ketones is 1. The number of benzene rings is 2. The summed E-state index contributed by atoms with van der Waals surface area (Å²) in [6, 6.07) is 13.2. The van der Waals surface area contributed by atoms with Crippen LogP contribution in [0.25, 0.3) is 0 Å². The van der Waals surface area contributed by atoms with E-state index in [-0.39, 0.29) is 16.4 Å². The first-order chi connectivity index (χ1) is 9.88. The van der Waals surface area contributed by atoms with Crippen molar-refractivity contribution in [2.75, 3.05) is 5.75 Å². The average Bonchev–Trinajstić information content (AvgIpc) is 2.46. The molecule has 21 heavy (non-hydrogen) atoms. The number of sulfone groups is 1. The molecule has 0 atom stereocenters. The Labute approximate surface area is 129 Å². The van der Waals surface area contributed by atoms with Crippen molar-refractivity contribution in [3.05, 3.63) is 64.7 Å². The Morgan fingerprint density at radius 3 is 2.10 bits per heavy atom. The molecule has 0 radical (unpaired) electrons. The molecule has 2 aromatic rings. The maximum absolute atomic E-state index is 12.2. The molecule has 0 saturated heterocycles. The van der Waals surface area contributed by atoms with Crippen LogP contribution in [0.15, 0.2) is 53.4 Å². The highest BCUT2D eigenvalue weighted by Gasteiger charge is 2.14. The lowest BCUT2D eigenvalue weighted by molar-refractivity contribution is 0.101. The summed E-state index contributed by atoms with van der Waals surface area (Å²) in [4.78, 5) is 11.5. The van der Waals surface area contributed by atoms with Crippen LogP contribution in [-0.2, 0) is 16.3 Å². The molecule has 0 aliphatic rings. The van der Waals surface area contributed by atoms with E-state index in [9.17, 15) is 13.2 Å². The minimum Gasteiger partial charge on any atom is -0.295 e. The van der Waals surface area contributed by atoms with E-state index in [1.165, 1.54) is 19.1 Å². The molecule has 5 heteroatoms. The lowest BCUT2D eigenvalue weighted by Crippen LogP contribution is -2.09. The largest absolute Gasteiger partial charge is 0.295 e. The molecule has 0 spiro atoms. The van der Waals surface area contributed by atoms with Crippen LogP contribution < -0.4 is 0 Å². The second-order valence-corrected chi connectivity index (χ2v) is 7.32. The second-order valence-electron chi connectivity index (χ2n) is 4.78. The summed E-state index contributed by atoms with van der Waals surface area (Å²) >= 11 is 5.75. The number of Topliss-reactive ketones (excluding diaryl/α,β-unsaturated/α-hetero) is 1. The van der Waals surface area contributed by atoms with E-state index in [0.717, 1.165) is 5.56 Å². The van der Waals surface area contributed by atoms with Crippen LogP contribution in [0.3, 0.4) is 0 Å². The third-order valence-corrected chi connectivity index (χ3v) is 5.18. The highest BCUT2D eigenvalue weighted by atomic mass is 35.5. The van der Waals surface area contributed by atoms with E-state index in [1.807, 2.05) is 0 Å². The number of aryl methyl sites for hydroxylation is 1. The van der Waals surface area contributed by atoms with Gasteiger partial charge in [-0.25, -0.2) is 8.42 Å². The second kappa shape index (κ2) is 6.41. The predicted molar refractivity (Wildman–Crippen MR) is 83.7 cm³/mol. The third kappa shape index (κ3) is 4.16. The Hall–Kier alpha value is -1.65. The summed E-state index contributed by atoms with van der Waals surface area (Å²) in [6.45, 7) is 1.50. The van der Waals surface area contributed by atoms with Gasteiger partial charge in [-0.2, -0.15) is 0 Å². The molecule has 3 nitrogen and oxygen atoms in total. The van der Waals surface area contributed by atoms with Crippen LogP contribution >= 0.6 is 11.6 Å². The van der Waals surface area contributed by atoms with E-state index in [1.54, 1.807) is 36.4 Å². The van der Waals surface area contributed by atoms with Gasteiger partial charge in [0.25, 0.3) is 0 Å². The zero-order chi connectivity index (χ0) is 15.5. The van der Waals surface area contributed by atoms with Crippen LogP contribution in [0.2, 0.25) is 5.02 Å². The molecule has 0 aromatic heterocycles. The van der Waals surface area contributed by atoms with Gasteiger partial charge in [0.05, 0.1) is 10.6 Å². The van der Waals surface area contributed by atoms with E-state index >= 15 is 0 Å². The van der Waals surface area contributed by atoms with Crippen molar-refractivity contribution < 1.29 is 13.2 Å². The molecule has 0 fully saturated rings. The lowest BCUT2D eigenvalue weighted by Gasteiger charge is -2.05. The first kappa shape index (κ1) is 15.7. The van der Waals surface area contributed by atoms with E-state index in [4.69, 9.17) is 11.6 Å². The number of halogens is 1. The summed E-state index contributed by atoms with van der Waals surface area (Å²) in [7, 11) is -3.33.